The summed E-state index contributed by atoms with van der Waals surface area (Å²) in [6.45, 7) is 10.5. The molecule has 4 heterocycles. The van der Waals surface area contributed by atoms with Gasteiger partial charge in [0.1, 0.15) is 11.6 Å². The SMILES string of the molecule is CC.Cc1ccccc1.Cc1ccccc1.O=C1C2N=C(c3ccc(F)cc3)OC2c2ccccc2CN1CCSc1ccccc1.O=C1C2N=C(c3ccc(O)cc3)O[C@H]2c2ccccc2CN1CCSc1ccccc1. The molecular weight excluding hydrogens is 1010 g/mol. The number of benzene rings is 8. The molecule has 8 aromatic carbocycles. The number of hydrogen-bond acceptors (Lipinski definition) is 9. The van der Waals surface area contributed by atoms with Gasteiger partial charge in [0.05, 0.1) is 0 Å². The van der Waals surface area contributed by atoms with E-state index >= 15 is 0 Å². The minimum Gasteiger partial charge on any atom is -0.508 e. The van der Waals surface area contributed by atoms with Gasteiger partial charge in [-0.05, 0) is 97.8 Å². The summed E-state index contributed by atoms with van der Waals surface area (Å²) in [6, 6.07) is 68.4. The summed E-state index contributed by atoms with van der Waals surface area (Å²) in [5, 5.41) is 9.57. The molecule has 2 amide bonds. The number of fused-ring (bicyclic) bond motifs is 6. The standard InChI is InChI=1S/C25H21FN2O2S.C25H22N2O3S.2C7H8.C2H6/c26-19-12-10-17(11-13-19)24-27-22-23(30-24)21-9-5-4-6-18(21)16-28(25(22)29)14-15-31-20-7-2-1-3-8-20;28-19-12-10-17(11-13-19)24-26-22-23(30-24)21-9-5-4-6-18(21)16-27(25(22)29)14-15-31-20-7-2-1-3-8-20;2*1-7-5-3-2-4-6-7;1-2/h1-13,22-23H,14-16H2;1-13,22-23,28H,14-16H2;2*2-6H,1H3;1-2H3/t;22?,23-;;;/m.0.../s1. The number of halogens is 1. The molecule has 78 heavy (non-hydrogen) atoms. The normalized spacial score (nSPS) is 17.4. The number of phenolic OH excluding ortho intramolecular Hbond substituents is 1. The second-order valence-corrected chi connectivity index (χ2v) is 20.8. The maximum Gasteiger partial charge on any atom is 0.252 e. The average molecular weight is 1080 g/mol. The first-order valence-electron chi connectivity index (χ1n) is 26.3. The van der Waals surface area contributed by atoms with Crippen LogP contribution >= 0.6 is 23.5 Å². The van der Waals surface area contributed by atoms with E-state index in [-0.39, 0.29) is 23.4 Å². The molecule has 0 saturated carbocycles. The number of aliphatic imine (C=N–C) groups is 2. The number of carbonyl (C=O) groups excluding carboxylic acids is 2. The Bertz CT molecular complexity index is 3010. The molecule has 4 aliphatic heterocycles. The number of nitrogens with zero attached hydrogens (tertiary/aromatic N) is 4. The Morgan fingerprint density at radius 1 is 0.487 bits per heavy atom. The van der Waals surface area contributed by atoms with Crippen molar-refractivity contribution >= 4 is 47.1 Å². The van der Waals surface area contributed by atoms with Crippen LogP contribution in [0.15, 0.2) is 238 Å². The molecule has 0 fully saturated rings. The van der Waals surface area contributed by atoms with Crippen molar-refractivity contribution in [2.24, 2.45) is 9.98 Å². The van der Waals surface area contributed by atoms with Gasteiger partial charge in [-0.25, -0.2) is 14.4 Å². The number of aromatic hydroxyl groups is 1. The van der Waals surface area contributed by atoms with Gasteiger partial charge in [-0.15, -0.1) is 23.5 Å². The van der Waals surface area contributed by atoms with Gasteiger partial charge in [0.25, 0.3) is 11.8 Å². The van der Waals surface area contributed by atoms with Crippen molar-refractivity contribution in [3.05, 3.63) is 269 Å². The number of rotatable bonds is 10. The van der Waals surface area contributed by atoms with Gasteiger partial charge >= 0.3 is 0 Å². The summed E-state index contributed by atoms with van der Waals surface area (Å²) in [6.07, 6.45) is -0.894. The van der Waals surface area contributed by atoms with Gasteiger partial charge < -0.3 is 24.4 Å². The lowest BCUT2D eigenvalue weighted by Crippen LogP contribution is -2.38. The summed E-state index contributed by atoms with van der Waals surface area (Å²) >= 11 is 3.48. The van der Waals surface area contributed by atoms with Crippen LogP contribution in [0.5, 0.6) is 5.75 Å². The van der Waals surface area contributed by atoms with E-state index in [0.29, 0.717) is 43.5 Å². The first-order chi connectivity index (χ1) is 38.2. The Morgan fingerprint density at radius 2 is 0.833 bits per heavy atom. The molecule has 398 valence electrons. The number of ether oxygens (including phenoxy) is 2. The largest absolute Gasteiger partial charge is 0.508 e. The zero-order valence-electron chi connectivity index (χ0n) is 44.4. The quantitative estimate of drug-likeness (QED) is 0.136. The minimum atomic E-state index is -0.634. The lowest BCUT2D eigenvalue weighted by molar-refractivity contribution is -0.134. The van der Waals surface area contributed by atoms with Crippen LogP contribution in [0, 0.1) is 19.7 Å². The zero-order valence-corrected chi connectivity index (χ0v) is 46.0. The second-order valence-electron chi connectivity index (χ2n) is 18.4. The molecule has 0 bridgehead atoms. The van der Waals surface area contributed by atoms with Crippen molar-refractivity contribution in [1.82, 2.24) is 9.80 Å². The molecule has 12 rings (SSSR count). The van der Waals surface area contributed by atoms with Crippen LogP contribution in [-0.2, 0) is 32.2 Å². The van der Waals surface area contributed by atoms with E-state index in [1.165, 1.54) is 33.1 Å². The van der Waals surface area contributed by atoms with E-state index in [1.54, 1.807) is 59.9 Å². The van der Waals surface area contributed by atoms with Crippen molar-refractivity contribution in [3.63, 3.8) is 0 Å². The third-order valence-corrected chi connectivity index (χ3v) is 15.0. The Morgan fingerprint density at radius 3 is 1.21 bits per heavy atom. The molecule has 4 atom stereocenters. The molecule has 4 aliphatic rings. The first kappa shape index (κ1) is 56.3. The summed E-state index contributed by atoms with van der Waals surface area (Å²) in [7, 11) is 0. The van der Waals surface area contributed by atoms with Crippen molar-refractivity contribution in [1.29, 1.82) is 0 Å². The molecule has 0 radical (unpaired) electrons. The number of amides is 2. The Kier molecular flexibility index (Phi) is 20.5. The molecule has 8 aromatic rings. The van der Waals surface area contributed by atoms with E-state index in [4.69, 9.17) is 9.47 Å². The highest BCUT2D eigenvalue weighted by atomic mass is 32.2. The maximum atomic E-state index is 13.5. The van der Waals surface area contributed by atoms with Crippen molar-refractivity contribution < 1.29 is 28.6 Å². The summed E-state index contributed by atoms with van der Waals surface area (Å²) < 4.78 is 25.7. The number of carbonyl (C=O) groups is 2. The van der Waals surface area contributed by atoms with Crippen LogP contribution in [0.4, 0.5) is 4.39 Å². The second kappa shape index (κ2) is 28.4. The van der Waals surface area contributed by atoms with E-state index < -0.39 is 24.3 Å². The molecule has 12 heteroatoms. The third kappa shape index (κ3) is 15.2. The van der Waals surface area contributed by atoms with Crippen LogP contribution < -0.4 is 0 Å². The highest BCUT2D eigenvalue weighted by molar-refractivity contribution is 7.99. The first-order valence-corrected chi connectivity index (χ1v) is 28.3. The third-order valence-electron chi connectivity index (χ3n) is 13.0. The molecule has 9 nitrogen and oxygen atoms in total. The zero-order chi connectivity index (χ0) is 54.6. The predicted octanol–water partition coefficient (Wildman–Crippen LogP) is 14.3. The molecule has 1 N–H and O–H groups in total. The van der Waals surface area contributed by atoms with Gasteiger partial charge in [-0.3, -0.25) is 9.59 Å². The molecular formula is C66H65FN4O5S2. The maximum absolute atomic E-state index is 13.5. The van der Waals surface area contributed by atoms with Gasteiger partial charge in [0, 0.05) is 69.7 Å². The number of phenols is 1. The lowest BCUT2D eigenvalue weighted by atomic mass is 9.99. The highest BCUT2D eigenvalue weighted by Gasteiger charge is 2.45. The van der Waals surface area contributed by atoms with Crippen molar-refractivity contribution in [3.8, 4) is 5.75 Å². The number of aryl methyl sites for hydroxylation is 2. The van der Waals surface area contributed by atoms with Gasteiger partial charge in [0.2, 0.25) is 11.8 Å². The van der Waals surface area contributed by atoms with Crippen LogP contribution in [0.2, 0.25) is 0 Å². The summed E-state index contributed by atoms with van der Waals surface area (Å²) in [4.78, 5) is 42.4. The van der Waals surface area contributed by atoms with E-state index in [2.05, 4.69) is 78.4 Å². The molecule has 0 spiro atoms. The van der Waals surface area contributed by atoms with Gasteiger partial charge in [-0.2, -0.15) is 0 Å². The molecule has 0 aromatic heterocycles. The fraction of sp³-hybridized carbons (Fsp3) is 0.212. The number of hydrogen-bond donors (Lipinski definition) is 1. The number of thioether (sulfide) groups is 2. The molecule has 0 aliphatic carbocycles. The minimum absolute atomic E-state index is 0.0105. The smallest absolute Gasteiger partial charge is 0.252 e. The van der Waals surface area contributed by atoms with Crippen LogP contribution in [0.3, 0.4) is 0 Å². The van der Waals surface area contributed by atoms with Crippen LogP contribution in [0.1, 0.15) is 70.6 Å². The Labute approximate surface area is 466 Å². The van der Waals surface area contributed by atoms with Crippen molar-refractivity contribution in [2.45, 2.75) is 74.9 Å². The fourth-order valence-electron chi connectivity index (χ4n) is 9.02. The van der Waals surface area contributed by atoms with E-state index in [1.807, 2.05) is 139 Å². The summed E-state index contributed by atoms with van der Waals surface area (Å²) in [5.74, 6) is 2.25. The molecule has 3 unspecified atom stereocenters. The van der Waals surface area contributed by atoms with Crippen molar-refractivity contribution in [2.75, 3.05) is 24.6 Å². The summed E-state index contributed by atoms with van der Waals surface area (Å²) in [5.41, 5.74) is 8.23. The van der Waals surface area contributed by atoms with Gasteiger partial charge in [-0.1, -0.05) is 171 Å². The lowest BCUT2D eigenvalue weighted by Gasteiger charge is -2.22. The van der Waals surface area contributed by atoms with Crippen LogP contribution in [-0.4, -0.2) is 75.2 Å². The predicted molar refractivity (Wildman–Crippen MR) is 315 cm³/mol. The monoisotopic (exact) mass is 1080 g/mol. The fourth-order valence-corrected chi connectivity index (χ4v) is 10.8. The molecule has 0 saturated heterocycles. The van der Waals surface area contributed by atoms with Gasteiger partial charge in [0.15, 0.2) is 24.3 Å². The Hall–Kier alpha value is -7.93. The van der Waals surface area contributed by atoms with E-state index in [9.17, 15) is 19.1 Å². The Balaban J connectivity index is 0.000000161. The van der Waals surface area contributed by atoms with Crippen LogP contribution in [0.25, 0.3) is 0 Å². The highest BCUT2D eigenvalue weighted by Crippen LogP contribution is 2.39. The van der Waals surface area contributed by atoms with E-state index in [0.717, 1.165) is 39.3 Å². The topological polar surface area (TPSA) is 104 Å². The average Bonchev–Trinajstić information content (AvgIpc) is 4.29.